The Morgan fingerprint density at radius 1 is 1.40 bits per heavy atom. The van der Waals surface area contributed by atoms with Gasteiger partial charge in [0.1, 0.15) is 0 Å². The Hall–Kier alpha value is -0.830. The molecule has 0 aromatic heterocycles. The summed E-state index contributed by atoms with van der Waals surface area (Å²) in [7, 11) is 0. The summed E-state index contributed by atoms with van der Waals surface area (Å²) in [4.78, 5) is 10.7. The minimum absolute atomic E-state index is 0.284. The van der Waals surface area contributed by atoms with Crippen LogP contribution in [0, 0.1) is 0 Å². The molecule has 3 heteroatoms. The van der Waals surface area contributed by atoms with Crippen molar-refractivity contribution in [2.24, 2.45) is 0 Å². The molecular weight excluding hydrogens is 192 g/mol. The lowest BCUT2D eigenvalue weighted by Gasteiger charge is -2.01. The Balaban J connectivity index is 0.000000322. The lowest BCUT2D eigenvalue weighted by atomic mass is 10.3. The Bertz CT molecular complexity index is 176. The summed E-state index contributed by atoms with van der Waals surface area (Å²) in [5.41, 5.74) is 0.469. The van der Waals surface area contributed by atoms with Gasteiger partial charge in [-0.15, -0.1) is 0 Å². The van der Waals surface area contributed by atoms with Crippen LogP contribution < -0.4 is 0 Å². The largest absolute Gasteiger partial charge is 0.462 e. The van der Waals surface area contributed by atoms with Crippen LogP contribution in [0.25, 0.3) is 0 Å². The lowest BCUT2D eigenvalue weighted by molar-refractivity contribution is -0.139. The van der Waals surface area contributed by atoms with E-state index in [-0.39, 0.29) is 5.97 Å². The summed E-state index contributed by atoms with van der Waals surface area (Å²) in [6.45, 7) is 9.67. The molecule has 0 bridgehead atoms. The van der Waals surface area contributed by atoms with Crippen LogP contribution in [0.2, 0.25) is 0 Å². The van der Waals surface area contributed by atoms with Crippen molar-refractivity contribution in [3.05, 3.63) is 12.2 Å². The van der Waals surface area contributed by atoms with Crippen LogP contribution in [-0.4, -0.2) is 25.8 Å². The molecule has 0 radical (unpaired) electrons. The molecule has 0 aromatic carbocycles. The van der Waals surface area contributed by atoms with E-state index in [0.29, 0.717) is 12.2 Å². The number of esters is 1. The molecule has 1 aliphatic rings. The minimum atomic E-state index is -0.284. The van der Waals surface area contributed by atoms with Gasteiger partial charge in [-0.25, -0.2) is 4.79 Å². The number of ether oxygens (including phenoxy) is 2. The number of hydrogen-bond acceptors (Lipinski definition) is 3. The van der Waals surface area contributed by atoms with Crippen molar-refractivity contribution < 1.29 is 14.3 Å². The molecule has 0 spiro atoms. The summed E-state index contributed by atoms with van der Waals surface area (Å²) >= 11 is 0. The van der Waals surface area contributed by atoms with Crippen LogP contribution in [0.4, 0.5) is 0 Å². The van der Waals surface area contributed by atoms with Gasteiger partial charge < -0.3 is 9.47 Å². The number of rotatable bonds is 4. The summed E-state index contributed by atoms with van der Waals surface area (Å²) in [5.74, 6) is -0.284. The smallest absolute Gasteiger partial charge is 0.333 e. The molecule has 88 valence electrons. The van der Waals surface area contributed by atoms with Crippen LogP contribution in [0.5, 0.6) is 0 Å². The Kier molecular flexibility index (Phi) is 9.18. The molecule has 0 aliphatic carbocycles. The van der Waals surface area contributed by atoms with E-state index < -0.39 is 0 Å². The molecule has 1 fully saturated rings. The normalized spacial score (nSPS) is 14.0. The van der Waals surface area contributed by atoms with Gasteiger partial charge >= 0.3 is 5.97 Å². The molecule has 0 N–H and O–H groups in total. The zero-order valence-corrected chi connectivity index (χ0v) is 9.88. The topological polar surface area (TPSA) is 35.5 Å². The van der Waals surface area contributed by atoms with Crippen LogP contribution >= 0.6 is 0 Å². The van der Waals surface area contributed by atoms with Gasteiger partial charge in [-0.3, -0.25) is 0 Å². The highest BCUT2D eigenvalue weighted by molar-refractivity contribution is 5.86. The SMILES string of the molecule is C1CCOC1.C=C(C)C(=O)OCCCC. The minimum Gasteiger partial charge on any atom is -0.462 e. The number of carbonyl (C=O) groups excluding carboxylic acids is 1. The molecule has 15 heavy (non-hydrogen) atoms. The van der Waals surface area contributed by atoms with Gasteiger partial charge in [0.05, 0.1) is 6.61 Å². The van der Waals surface area contributed by atoms with E-state index in [2.05, 4.69) is 13.5 Å². The standard InChI is InChI=1S/C8H14O2.C4H8O/c1-4-5-6-10-8(9)7(2)3;1-2-4-5-3-1/h2,4-6H2,1,3H3;1-4H2. The fraction of sp³-hybridized carbons (Fsp3) is 0.750. The number of carbonyl (C=O) groups is 1. The van der Waals surface area contributed by atoms with Crippen LogP contribution in [0.3, 0.4) is 0 Å². The maximum absolute atomic E-state index is 10.7. The molecule has 1 heterocycles. The van der Waals surface area contributed by atoms with Gasteiger partial charge in [0.2, 0.25) is 0 Å². The Morgan fingerprint density at radius 3 is 2.33 bits per heavy atom. The molecule has 0 unspecified atom stereocenters. The summed E-state index contributed by atoms with van der Waals surface area (Å²) in [6, 6.07) is 0. The van der Waals surface area contributed by atoms with Crippen LogP contribution in [-0.2, 0) is 14.3 Å². The average Bonchev–Trinajstić information content (AvgIpc) is 2.75. The number of hydrogen-bond donors (Lipinski definition) is 0. The highest BCUT2D eigenvalue weighted by Gasteiger charge is 2.00. The van der Waals surface area contributed by atoms with E-state index in [1.165, 1.54) is 12.8 Å². The lowest BCUT2D eigenvalue weighted by Crippen LogP contribution is -2.05. The van der Waals surface area contributed by atoms with E-state index >= 15 is 0 Å². The van der Waals surface area contributed by atoms with Crippen molar-refractivity contribution in [3.63, 3.8) is 0 Å². The maximum atomic E-state index is 10.7. The van der Waals surface area contributed by atoms with Crippen molar-refractivity contribution in [1.82, 2.24) is 0 Å². The van der Waals surface area contributed by atoms with E-state index in [1.54, 1.807) is 6.92 Å². The average molecular weight is 214 g/mol. The second-order valence-electron chi connectivity index (χ2n) is 3.59. The second kappa shape index (κ2) is 9.71. The van der Waals surface area contributed by atoms with E-state index in [9.17, 15) is 4.79 Å². The van der Waals surface area contributed by atoms with Crippen molar-refractivity contribution in [3.8, 4) is 0 Å². The van der Waals surface area contributed by atoms with Crippen molar-refractivity contribution in [2.75, 3.05) is 19.8 Å². The third-order valence-corrected chi connectivity index (χ3v) is 1.91. The molecule has 1 aliphatic heterocycles. The summed E-state index contributed by atoms with van der Waals surface area (Å²) < 4.78 is 9.75. The quantitative estimate of drug-likeness (QED) is 0.410. The maximum Gasteiger partial charge on any atom is 0.333 e. The Morgan fingerprint density at radius 2 is 2.00 bits per heavy atom. The molecule has 0 amide bonds. The van der Waals surface area contributed by atoms with Gasteiger partial charge in [0.15, 0.2) is 0 Å². The molecule has 1 saturated heterocycles. The fourth-order valence-electron chi connectivity index (χ4n) is 0.943. The van der Waals surface area contributed by atoms with E-state index in [1.807, 2.05) is 0 Å². The van der Waals surface area contributed by atoms with E-state index in [4.69, 9.17) is 9.47 Å². The van der Waals surface area contributed by atoms with Gasteiger partial charge in [-0.1, -0.05) is 19.9 Å². The first-order valence-corrected chi connectivity index (χ1v) is 5.58. The molecular formula is C12H22O3. The van der Waals surface area contributed by atoms with E-state index in [0.717, 1.165) is 26.1 Å². The molecule has 1 rings (SSSR count). The highest BCUT2D eigenvalue weighted by atomic mass is 16.5. The molecule has 3 nitrogen and oxygen atoms in total. The van der Waals surface area contributed by atoms with Gasteiger partial charge in [-0.2, -0.15) is 0 Å². The van der Waals surface area contributed by atoms with Crippen LogP contribution in [0.15, 0.2) is 12.2 Å². The predicted molar refractivity (Wildman–Crippen MR) is 60.7 cm³/mol. The molecule has 0 atom stereocenters. The fourth-order valence-corrected chi connectivity index (χ4v) is 0.943. The zero-order chi connectivity index (χ0) is 11.5. The molecule has 0 saturated carbocycles. The van der Waals surface area contributed by atoms with Crippen molar-refractivity contribution in [2.45, 2.75) is 39.5 Å². The predicted octanol–water partition coefficient (Wildman–Crippen LogP) is 2.70. The first-order valence-electron chi connectivity index (χ1n) is 5.58. The highest BCUT2D eigenvalue weighted by Crippen LogP contribution is 1.98. The summed E-state index contributed by atoms with van der Waals surface area (Å²) in [5, 5.41) is 0. The molecule has 0 aromatic rings. The second-order valence-corrected chi connectivity index (χ2v) is 3.59. The summed E-state index contributed by atoms with van der Waals surface area (Å²) in [6.07, 6.45) is 4.53. The van der Waals surface area contributed by atoms with Gasteiger partial charge in [-0.05, 0) is 26.2 Å². The first-order chi connectivity index (χ1) is 7.18. The van der Waals surface area contributed by atoms with Crippen molar-refractivity contribution >= 4 is 5.97 Å². The zero-order valence-electron chi connectivity index (χ0n) is 9.88. The van der Waals surface area contributed by atoms with Crippen molar-refractivity contribution in [1.29, 1.82) is 0 Å². The number of unbranched alkanes of at least 4 members (excludes halogenated alkanes) is 1. The first kappa shape index (κ1) is 14.2. The van der Waals surface area contributed by atoms with Gasteiger partial charge in [0.25, 0.3) is 0 Å². The van der Waals surface area contributed by atoms with Crippen LogP contribution in [0.1, 0.15) is 39.5 Å². The Labute approximate surface area is 92.5 Å². The monoisotopic (exact) mass is 214 g/mol. The van der Waals surface area contributed by atoms with Gasteiger partial charge in [0, 0.05) is 18.8 Å². The third kappa shape index (κ3) is 9.47. The third-order valence-electron chi connectivity index (χ3n) is 1.91.